The maximum Gasteiger partial charge on any atom is 0.271 e. The topological polar surface area (TPSA) is 111 Å². The van der Waals surface area contributed by atoms with E-state index in [1.807, 2.05) is 6.07 Å². The molecule has 1 unspecified atom stereocenters. The van der Waals surface area contributed by atoms with Crippen LogP contribution in [0.5, 0.6) is 17.2 Å². The van der Waals surface area contributed by atoms with Gasteiger partial charge in [0.1, 0.15) is 12.4 Å². The molecule has 0 fully saturated rings. The van der Waals surface area contributed by atoms with Crippen molar-refractivity contribution in [2.45, 2.75) is 20.0 Å². The van der Waals surface area contributed by atoms with Gasteiger partial charge in [0.2, 0.25) is 0 Å². The summed E-state index contributed by atoms with van der Waals surface area (Å²) in [7, 11) is 0. The Morgan fingerprint density at radius 1 is 1.20 bits per heavy atom. The maximum atomic E-state index is 12.1. The van der Waals surface area contributed by atoms with Gasteiger partial charge in [-0.05, 0) is 44.2 Å². The minimum Gasteiger partial charge on any atom is -0.504 e. The third-order valence-corrected chi connectivity index (χ3v) is 3.32. The Bertz CT molecular complexity index is 787. The number of nitrogens with one attached hydrogen (secondary N) is 1. The molecule has 1 amide bonds. The highest BCUT2D eigenvalue weighted by atomic mass is 16.5. The van der Waals surface area contributed by atoms with Crippen molar-refractivity contribution >= 4 is 11.6 Å². The lowest BCUT2D eigenvalue weighted by molar-refractivity contribution is 0.0954. The van der Waals surface area contributed by atoms with Crippen molar-refractivity contribution in [2.24, 2.45) is 5.10 Å². The van der Waals surface area contributed by atoms with Gasteiger partial charge in [-0.15, -0.1) is 0 Å². The third-order valence-electron chi connectivity index (χ3n) is 3.32. The number of hydrogen-bond acceptors (Lipinski definition) is 6. The first-order valence-electron chi connectivity index (χ1n) is 7.65. The minimum absolute atomic E-state index is 0.142. The summed E-state index contributed by atoms with van der Waals surface area (Å²) in [5.41, 5.74) is 3.73. The molecule has 0 aliphatic rings. The summed E-state index contributed by atoms with van der Waals surface area (Å²) in [6, 6.07) is 10.9. The summed E-state index contributed by atoms with van der Waals surface area (Å²) in [5, 5.41) is 32.1. The van der Waals surface area contributed by atoms with Gasteiger partial charge in [0, 0.05) is 11.1 Å². The van der Waals surface area contributed by atoms with E-state index in [0.717, 1.165) is 6.07 Å². The van der Waals surface area contributed by atoms with Crippen molar-refractivity contribution in [2.75, 3.05) is 6.61 Å². The lowest BCUT2D eigenvalue weighted by Gasteiger charge is -2.12. The number of nitrogens with zero attached hydrogens (tertiary/aromatic N) is 1. The van der Waals surface area contributed by atoms with Gasteiger partial charge in [-0.3, -0.25) is 4.79 Å². The Labute approximate surface area is 145 Å². The fourth-order valence-corrected chi connectivity index (χ4v) is 2.03. The van der Waals surface area contributed by atoms with E-state index in [-0.39, 0.29) is 23.7 Å². The zero-order valence-corrected chi connectivity index (χ0v) is 13.9. The Hall–Kier alpha value is -3.06. The first-order valence-corrected chi connectivity index (χ1v) is 7.65. The van der Waals surface area contributed by atoms with E-state index in [9.17, 15) is 20.1 Å². The highest BCUT2D eigenvalue weighted by Gasteiger charge is 2.10. The van der Waals surface area contributed by atoms with Gasteiger partial charge in [-0.2, -0.15) is 5.10 Å². The number of hydrogen-bond donors (Lipinski definition) is 4. The molecule has 0 radical (unpaired) electrons. The van der Waals surface area contributed by atoms with E-state index in [4.69, 9.17) is 4.74 Å². The average Bonchev–Trinajstić information content (AvgIpc) is 2.60. The number of carbonyl (C=O) groups is 1. The number of carbonyl (C=O) groups excluding carboxylic acids is 1. The highest BCUT2D eigenvalue weighted by Crippen LogP contribution is 2.24. The van der Waals surface area contributed by atoms with Crippen LogP contribution in [0, 0.1) is 0 Å². The number of para-hydroxylation sites is 1. The standard InChI is InChI=1S/C18H20N2O5/c1-11(21)10-25-17-6-4-3-5-14(17)12(2)19-20-18(24)13-7-8-15(22)16(23)9-13/h3-9,11,21-23H,10H2,1-2H3,(H,20,24)/b19-12+. The number of rotatable bonds is 6. The van der Waals surface area contributed by atoms with Gasteiger partial charge in [-0.1, -0.05) is 12.1 Å². The molecule has 7 nitrogen and oxygen atoms in total. The van der Waals surface area contributed by atoms with E-state index >= 15 is 0 Å². The van der Waals surface area contributed by atoms with E-state index in [1.165, 1.54) is 12.1 Å². The summed E-state index contributed by atoms with van der Waals surface area (Å²) >= 11 is 0. The average molecular weight is 344 g/mol. The molecule has 0 aromatic heterocycles. The quantitative estimate of drug-likeness (QED) is 0.364. The summed E-state index contributed by atoms with van der Waals surface area (Å²) in [6.45, 7) is 3.47. The van der Waals surface area contributed by atoms with Gasteiger partial charge < -0.3 is 20.1 Å². The second-order valence-electron chi connectivity index (χ2n) is 5.50. The molecule has 1 atom stereocenters. The minimum atomic E-state index is -0.604. The molecule has 2 rings (SSSR count). The number of hydrazone groups is 1. The molecule has 7 heteroatoms. The largest absolute Gasteiger partial charge is 0.504 e. The Kier molecular flexibility index (Phi) is 5.97. The van der Waals surface area contributed by atoms with Crippen LogP contribution in [0.1, 0.15) is 29.8 Å². The molecule has 2 aromatic rings. The molecule has 0 aliphatic carbocycles. The molecule has 4 N–H and O–H groups in total. The van der Waals surface area contributed by atoms with Crippen LogP contribution in [0.3, 0.4) is 0 Å². The second kappa shape index (κ2) is 8.16. The van der Waals surface area contributed by atoms with Crippen LogP contribution in [0.15, 0.2) is 47.6 Å². The Morgan fingerprint density at radius 2 is 1.92 bits per heavy atom. The summed E-state index contributed by atoms with van der Waals surface area (Å²) < 4.78 is 5.54. The predicted molar refractivity (Wildman–Crippen MR) is 93.1 cm³/mol. The number of benzene rings is 2. The van der Waals surface area contributed by atoms with Crippen LogP contribution in [-0.2, 0) is 0 Å². The number of aromatic hydroxyl groups is 2. The van der Waals surface area contributed by atoms with Crippen molar-refractivity contribution in [3.05, 3.63) is 53.6 Å². The maximum absolute atomic E-state index is 12.1. The molecular formula is C18H20N2O5. The first kappa shape index (κ1) is 18.3. The number of amides is 1. The van der Waals surface area contributed by atoms with Crippen LogP contribution < -0.4 is 10.2 Å². The van der Waals surface area contributed by atoms with Crippen molar-refractivity contribution < 1.29 is 24.9 Å². The molecule has 0 bridgehead atoms. The van der Waals surface area contributed by atoms with Crippen LogP contribution in [0.25, 0.3) is 0 Å². The summed E-state index contributed by atoms with van der Waals surface area (Å²) in [5.74, 6) is -0.677. The van der Waals surface area contributed by atoms with E-state index in [1.54, 1.807) is 32.0 Å². The molecule has 0 aliphatic heterocycles. The van der Waals surface area contributed by atoms with Gasteiger partial charge in [-0.25, -0.2) is 5.43 Å². The van der Waals surface area contributed by atoms with Crippen molar-refractivity contribution in [1.82, 2.24) is 5.43 Å². The van der Waals surface area contributed by atoms with Crippen LogP contribution in [0.4, 0.5) is 0 Å². The lowest BCUT2D eigenvalue weighted by atomic mass is 10.1. The second-order valence-corrected chi connectivity index (χ2v) is 5.50. The smallest absolute Gasteiger partial charge is 0.271 e. The number of aliphatic hydroxyl groups is 1. The van der Waals surface area contributed by atoms with E-state index in [0.29, 0.717) is 17.0 Å². The lowest BCUT2D eigenvalue weighted by Crippen LogP contribution is -2.20. The molecule has 0 spiro atoms. The fraction of sp³-hybridized carbons (Fsp3) is 0.222. The fourth-order valence-electron chi connectivity index (χ4n) is 2.03. The number of phenols is 2. The molecule has 0 heterocycles. The van der Waals surface area contributed by atoms with Gasteiger partial charge >= 0.3 is 0 Å². The van der Waals surface area contributed by atoms with Crippen LogP contribution >= 0.6 is 0 Å². The first-order chi connectivity index (χ1) is 11.9. The molecule has 25 heavy (non-hydrogen) atoms. The van der Waals surface area contributed by atoms with Crippen molar-refractivity contribution in [3.63, 3.8) is 0 Å². The monoisotopic (exact) mass is 344 g/mol. The van der Waals surface area contributed by atoms with Crippen molar-refractivity contribution in [3.8, 4) is 17.2 Å². The van der Waals surface area contributed by atoms with E-state index in [2.05, 4.69) is 10.5 Å². The molecule has 0 saturated heterocycles. The van der Waals surface area contributed by atoms with E-state index < -0.39 is 12.0 Å². The molecule has 132 valence electrons. The van der Waals surface area contributed by atoms with Crippen LogP contribution in [-0.4, -0.2) is 39.6 Å². The van der Waals surface area contributed by atoms with Gasteiger partial charge in [0.25, 0.3) is 5.91 Å². The zero-order chi connectivity index (χ0) is 18.4. The number of ether oxygens (including phenoxy) is 1. The molecular weight excluding hydrogens is 324 g/mol. The number of phenolic OH excluding ortho intramolecular Hbond substituents is 2. The normalized spacial score (nSPS) is 12.5. The number of aliphatic hydroxyl groups excluding tert-OH is 1. The van der Waals surface area contributed by atoms with Gasteiger partial charge in [0.05, 0.1) is 11.8 Å². The third kappa shape index (κ3) is 4.95. The van der Waals surface area contributed by atoms with Crippen LogP contribution in [0.2, 0.25) is 0 Å². The highest BCUT2D eigenvalue weighted by molar-refractivity contribution is 6.02. The summed E-state index contributed by atoms with van der Waals surface area (Å²) in [6.07, 6.45) is -0.604. The Morgan fingerprint density at radius 3 is 2.60 bits per heavy atom. The molecule has 2 aromatic carbocycles. The predicted octanol–water partition coefficient (Wildman–Crippen LogP) is 2.01. The molecule has 0 saturated carbocycles. The van der Waals surface area contributed by atoms with Crippen molar-refractivity contribution in [1.29, 1.82) is 0 Å². The summed E-state index contributed by atoms with van der Waals surface area (Å²) in [4.78, 5) is 12.1. The SMILES string of the molecule is C/C(=N\NC(=O)c1ccc(O)c(O)c1)c1ccccc1OCC(C)O. The van der Waals surface area contributed by atoms with Gasteiger partial charge in [0.15, 0.2) is 11.5 Å². The zero-order valence-electron chi connectivity index (χ0n) is 13.9. The Balaban J connectivity index is 2.13.